The van der Waals surface area contributed by atoms with Crippen LogP contribution in [0.3, 0.4) is 0 Å². The molecule has 0 unspecified atom stereocenters. The lowest BCUT2D eigenvalue weighted by molar-refractivity contribution is -0.135. The number of hydrogen-bond acceptors (Lipinski definition) is 2. The third-order valence-corrected chi connectivity index (χ3v) is 4.50. The first kappa shape index (κ1) is 8.24. The van der Waals surface area contributed by atoms with Crippen molar-refractivity contribution in [2.24, 2.45) is 16.7 Å². The van der Waals surface area contributed by atoms with Crippen molar-refractivity contribution in [3.63, 3.8) is 0 Å². The molecule has 0 saturated heterocycles. The number of carbonyl (C=O) groups is 1. The molecule has 0 aromatic rings. The standard InChI is InChI=1S/C10H16O2/c1-9(2)6-4-5-10(9,3)8(12)7(6)11/h6-7,11H,4-5H2,1-3H3/t6-,7+,10+/m1/s1. The van der Waals surface area contributed by atoms with Gasteiger partial charge in [-0.3, -0.25) is 4.79 Å². The van der Waals surface area contributed by atoms with Gasteiger partial charge in [-0.15, -0.1) is 0 Å². The molecule has 2 aliphatic rings. The van der Waals surface area contributed by atoms with Crippen LogP contribution in [0.5, 0.6) is 0 Å². The van der Waals surface area contributed by atoms with Crippen LogP contribution in [0, 0.1) is 16.7 Å². The quantitative estimate of drug-likeness (QED) is 0.593. The predicted octanol–water partition coefficient (Wildman–Crippen LogP) is 1.37. The van der Waals surface area contributed by atoms with E-state index >= 15 is 0 Å². The first-order valence-electron chi connectivity index (χ1n) is 4.63. The highest BCUT2D eigenvalue weighted by Gasteiger charge is 2.65. The van der Waals surface area contributed by atoms with Crippen molar-refractivity contribution in [2.45, 2.75) is 39.7 Å². The number of aliphatic hydroxyl groups is 1. The van der Waals surface area contributed by atoms with Crippen molar-refractivity contribution >= 4 is 5.78 Å². The molecule has 0 aromatic heterocycles. The Morgan fingerprint density at radius 2 is 2.00 bits per heavy atom. The average molecular weight is 168 g/mol. The maximum absolute atomic E-state index is 11.7. The molecule has 0 radical (unpaired) electrons. The third kappa shape index (κ3) is 0.598. The molecular weight excluding hydrogens is 152 g/mol. The summed E-state index contributed by atoms with van der Waals surface area (Å²) in [5.74, 6) is 0.277. The van der Waals surface area contributed by atoms with Gasteiger partial charge in [0.2, 0.25) is 0 Å². The number of carbonyl (C=O) groups excluding carboxylic acids is 1. The van der Waals surface area contributed by atoms with E-state index in [0.29, 0.717) is 0 Å². The van der Waals surface area contributed by atoms with Crippen LogP contribution in [0.1, 0.15) is 33.6 Å². The van der Waals surface area contributed by atoms with Gasteiger partial charge in [0.15, 0.2) is 5.78 Å². The van der Waals surface area contributed by atoms with Crippen molar-refractivity contribution in [3.8, 4) is 0 Å². The molecule has 2 saturated carbocycles. The molecule has 3 atom stereocenters. The van der Waals surface area contributed by atoms with E-state index in [1.54, 1.807) is 0 Å². The second kappa shape index (κ2) is 1.92. The zero-order valence-electron chi connectivity index (χ0n) is 7.92. The lowest BCUT2D eigenvalue weighted by Gasteiger charge is -2.31. The molecule has 2 heteroatoms. The molecule has 0 aromatic carbocycles. The number of rotatable bonds is 0. The van der Waals surface area contributed by atoms with E-state index < -0.39 is 6.10 Å². The fraction of sp³-hybridized carbons (Fsp3) is 0.900. The zero-order chi connectivity index (χ0) is 9.15. The van der Waals surface area contributed by atoms with Crippen LogP contribution in [0.4, 0.5) is 0 Å². The molecule has 2 aliphatic carbocycles. The molecule has 0 aliphatic heterocycles. The highest BCUT2D eigenvalue weighted by molar-refractivity contribution is 5.93. The smallest absolute Gasteiger partial charge is 0.167 e. The Balaban J connectivity index is 2.50. The van der Waals surface area contributed by atoms with Crippen LogP contribution in [0.25, 0.3) is 0 Å². The van der Waals surface area contributed by atoms with Crippen molar-refractivity contribution in [3.05, 3.63) is 0 Å². The number of ketones is 1. The topological polar surface area (TPSA) is 37.3 Å². The maximum atomic E-state index is 11.7. The van der Waals surface area contributed by atoms with E-state index in [1.807, 2.05) is 6.92 Å². The van der Waals surface area contributed by atoms with Gasteiger partial charge in [-0.1, -0.05) is 20.8 Å². The van der Waals surface area contributed by atoms with Crippen LogP contribution < -0.4 is 0 Å². The summed E-state index contributed by atoms with van der Waals surface area (Å²) >= 11 is 0. The summed E-state index contributed by atoms with van der Waals surface area (Å²) < 4.78 is 0. The van der Waals surface area contributed by atoms with Gasteiger partial charge in [0.1, 0.15) is 6.10 Å². The third-order valence-electron chi connectivity index (χ3n) is 4.50. The van der Waals surface area contributed by atoms with Gasteiger partial charge in [-0.25, -0.2) is 0 Å². The minimum atomic E-state index is -0.682. The van der Waals surface area contributed by atoms with E-state index in [0.717, 1.165) is 12.8 Å². The van der Waals surface area contributed by atoms with Gasteiger partial charge in [0, 0.05) is 5.41 Å². The Morgan fingerprint density at radius 3 is 2.25 bits per heavy atom. The van der Waals surface area contributed by atoms with Gasteiger partial charge in [-0.2, -0.15) is 0 Å². The minimum Gasteiger partial charge on any atom is -0.385 e. The Kier molecular flexibility index (Phi) is 1.32. The molecule has 68 valence electrons. The Hall–Kier alpha value is -0.370. The fourth-order valence-corrected chi connectivity index (χ4v) is 3.04. The van der Waals surface area contributed by atoms with Crippen LogP contribution in [-0.2, 0) is 4.79 Å². The van der Waals surface area contributed by atoms with Crippen LogP contribution in [0.2, 0.25) is 0 Å². The number of hydrogen-bond donors (Lipinski definition) is 1. The van der Waals surface area contributed by atoms with Crippen molar-refractivity contribution < 1.29 is 9.90 Å². The second-order valence-electron chi connectivity index (χ2n) is 5.01. The first-order chi connectivity index (χ1) is 5.41. The molecule has 1 N–H and O–H groups in total. The number of fused-ring (bicyclic) bond motifs is 2. The van der Waals surface area contributed by atoms with Crippen LogP contribution in [-0.4, -0.2) is 17.0 Å². The molecule has 12 heavy (non-hydrogen) atoms. The normalized spacial score (nSPS) is 50.2. The molecule has 2 bridgehead atoms. The predicted molar refractivity (Wildman–Crippen MR) is 45.6 cm³/mol. The van der Waals surface area contributed by atoms with E-state index in [2.05, 4.69) is 13.8 Å². The molecule has 2 fully saturated rings. The van der Waals surface area contributed by atoms with Crippen LogP contribution >= 0.6 is 0 Å². The van der Waals surface area contributed by atoms with Gasteiger partial charge in [-0.05, 0) is 24.2 Å². The summed E-state index contributed by atoms with van der Waals surface area (Å²) in [5, 5.41) is 9.64. The lowest BCUT2D eigenvalue weighted by Crippen LogP contribution is -2.34. The van der Waals surface area contributed by atoms with Gasteiger partial charge < -0.3 is 5.11 Å². The maximum Gasteiger partial charge on any atom is 0.167 e. The molecule has 2 rings (SSSR count). The molecule has 0 spiro atoms. The summed E-state index contributed by atoms with van der Waals surface area (Å²) in [7, 11) is 0. The van der Waals surface area contributed by atoms with Gasteiger partial charge in [0.05, 0.1) is 0 Å². The minimum absolute atomic E-state index is 0.00347. The summed E-state index contributed by atoms with van der Waals surface area (Å²) in [5.41, 5.74) is -0.249. The first-order valence-corrected chi connectivity index (χ1v) is 4.63. The highest BCUT2D eigenvalue weighted by atomic mass is 16.3. The Bertz CT molecular complexity index is 244. The summed E-state index contributed by atoms with van der Waals surface area (Å²) in [4.78, 5) is 11.7. The monoisotopic (exact) mass is 168 g/mol. The summed E-state index contributed by atoms with van der Waals surface area (Å²) in [6.07, 6.45) is 1.29. The zero-order valence-corrected chi connectivity index (χ0v) is 7.92. The summed E-state index contributed by atoms with van der Waals surface area (Å²) in [6, 6.07) is 0. The van der Waals surface area contributed by atoms with Crippen molar-refractivity contribution in [1.29, 1.82) is 0 Å². The Labute approximate surface area is 73.0 Å². The summed E-state index contributed by atoms with van der Waals surface area (Å²) in [6.45, 7) is 6.23. The Morgan fingerprint density at radius 1 is 1.42 bits per heavy atom. The van der Waals surface area contributed by atoms with E-state index in [4.69, 9.17) is 0 Å². The van der Waals surface area contributed by atoms with Gasteiger partial charge in [0.25, 0.3) is 0 Å². The molecular formula is C10H16O2. The fourth-order valence-electron chi connectivity index (χ4n) is 3.04. The van der Waals surface area contributed by atoms with Gasteiger partial charge >= 0.3 is 0 Å². The van der Waals surface area contributed by atoms with Crippen molar-refractivity contribution in [1.82, 2.24) is 0 Å². The second-order valence-corrected chi connectivity index (χ2v) is 5.01. The largest absolute Gasteiger partial charge is 0.385 e. The van der Waals surface area contributed by atoms with E-state index in [1.165, 1.54) is 0 Å². The lowest BCUT2D eigenvalue weighted by atomic mass is 9.70. The van der Waals surface area contributed by atoms with E-state index in [9.17, 15) is 9.90 Å². The molecule has 2 nitrogen and oxygen atoms in total. The highest BCUT2D eigenvalue weighted by Crippen LogP contribution is 2.63. The van der Waals surface area contributed by atoms with Crippen LogP contribution in [0.15, 0.2) is 0 Å². The SMILES string of the molecule is CC1(C)[C@@H]2CC[C@@]1(C)C(=O)[C@H]2O. The van der Waals surface area contributed by atoms with E-state index in [-0.39, 0.29) is 22.5 Å². The molecule has 0 amide bonds. The average Bonchev–Trinajstić information content (AvgIpc) is 2.26. The van der Waals surface area contributed by atoms with Crippen molar-refractivity contribution in [2.75, 3.05) is 0 Å². The molecule has 0 heterocycles. The number of aliphatic hydroxyl groups excluding tert-OH is 1. The number of Topliss-reactive ketones (excluding diaryl/α,β-unsaturated/α-hetero) is 1.